The number of hydrogen-bond acceptors (Lipinski definition) is 5. The topological polar surface area (TPSA) is 90.7 Å². The lowest BCUT2D eigenvalue weighted by Gasteiger charge is -2.20. The molecule has 7 nitrogen and oxygen atoms in total. The molecule has 0 aliphatic carbocycles. The molecule has 0 saturated carbocycles. The van der Waals surface area contributed by atoms with Crippen molar-refractivity contribution in [3.8, 4) is 11.5 Å². The Morgan fingerprint density at radius 2 is 1.96 bits per heavy atom. The van der Waals surface area contributed by atoms with Crippen LogP contribution in [-0.2, 0) is 4.79 Å². The predicted molar refractivity (Wildman–Crippen MR) is 101 cm³/mol. The SMILES string of the molecule is CC(NC(=O)/C=C/c1ccc(Cl)c([N+](=O)[O-])c1)c1ccc2c(c1)OCCO2. The van der Waals surface area contributed by atoms with Gasteiger partial charge >= 0.3 is 0 Å². The van der Waals surface area contributed by atoms with E-state index in [1.165, 1.54) is 24.3 Å². The Kier molecular flexibility index (Phi) is 5.61. The van der Waals surface area contributed by atoms with Crippen molar-refractivity contribution in [2.45, 2.75) is 13.0 Å². The Hall–Kier alpha value is -3.06. The van der Waals surface area contributed by atoms with Crippen LogP contribution >= 0.6 is 11.6 Å². The van der Waals surface area contributed by atoms with E-state index >= 15 is 0 Å². The van der Waals surface area contributed by atoms with Crippen molar-refractivity contribution in [2.24, 2.45) is 0 Å². The molecule has 0 aromatic heterocycles. The van der Waals surface area contributed by atoms with E-state index in [0.29, 0.717) is 30.3 Å². The maximum atomic E-state index is 12.2. The van der Waals surface area contributed by atoms with Crippen molar-refractivity contribution < 1.29 is 19.2 Å². The number of hydrogen-bond donors (Lipinski definition) is 1. The van der Waals surface area contributed by atoms with Crippen LogP contribution in [0.25, 0.3) is 6.08 Å². The summed E-state index contributed by atoms with van der Waals surface area (Å²) < 4.78 is 11.0. The van der Waals surface area contributed by atoms with E-state index in [-0.39, 0.29) is 22.7 Å². The predicted octanol–water partition coefficient (Wildman–Crippen LogP) is 3.91. The molecule has 8 heteroatoms. The number of halogens is 1. The first kappa shape index (κ1) is 18.7. The largest absolute Gasteiger partial charge is 0.486 e. The lowest BCUT2D eigenvalue weighted by Crippen LogP contribution is -2.25. The van der Waals surface area contributed by atoms with E-state index in [9.17, 15) is 14.9 Å². The highest BCUT2D eigenvalue weighted by Crippen LogP contribution is 2.32. The molecule has 1 aliphatic heterocycles. The molecular weight excluding hydrogens is 372 g/mol. The zero-order valence-corrected chi connectivity index (χ0v) is 15.2. The zero-order chi connectivity index (χ0) is 19.4. The molecule has 1 amide bonds. The van der Waals surface area contributed by atoms with Gasteiger partial charge in [-0.3, -0.25) is 14.9 Å². The molecule has 0 bridgehead atoms. The number of nitrogens with one attached hydrogen (secondary N) is 1. The average Bonchev–Trinajstić information content (AvgIpc) is 2.66. The highest BCUT2D eigenvalue weighted by molar-refractivity contribution is 6.32. The molecule has 1 N–H and O–H groups in total. The van der Waals surface area contributed by atoms with Gasteiger partial charge in [0.15, 0.2) is 11.5 Å². The molecule has 3 rings (SSSR count). The summed E-state index contributed by atoms with van der Waals surface area (Å²) in [5.74, 6) is 1.02. The van der Waals surface area contributed by atoms with Crippen LogP contribution in [0.3, 0.4) is 0 Å². The zero-order valence-electron chi connectivity index (χ0n) is 14.5. The number of rotatable bonds is 5. The molecule has 2 aromatic rings. The normalized spacial score (nSPS) is 14.0. The van der Waals surface area contributed by atoms with Gasteiger partial charge in [-0.25, -0.2) is 0 Å². The molecular formula is C19H17ClN2O5. The highest BCUT2D eigenvalue weighted by atomic mass is 35.5. The molecule has 0 saturated heterocycles. The minimum atomic E-state index is -0.566. The van der Waals surface area contributed by atoms with Crippen LogP contribution < -0.4 is 14.8 Å². The van der Waals surface area contributed by atoms with Gasteiger partial charge in [-0.2, -0.15) is 0 Å². The maximum absolute atomic E-state index is 12.2. The fourth-order valence-electron chi connectivity index (χ4n) is 2.62. The van der Waals surface area contributed by atoms with Crippen LogP contribution in [0.4, 0.5) is 5.69 Å². The lowest BCUT2D eigenvalue weighted by molar-refractivity contribution is -0.384. The second-order valence-electron chi connectivity index (χ2n) is 5.93. The quantitative estimate of drug-likeness (QED) is 0.476. The summed E-state index contributed by atoms with van der Waals surface area (Å²) in [5, 5.41) is 13.8. The lowest BCUT2D eigenvalue weighted by atomic mass is 10.1. The van der Waals surface area contributed by atoms with Gasteiger partial charge < -0.3 is 14.8 Å². The van der Waals surface area contributed by atoms with Crippen LogP contribution in [-0.4, -0.2) is 24.0 Å². The highest BCUT2D eigenvalue weighted by Gasteiger charge is 2.15. The number of nitro groups is 1. The fraction of sp³-hybridized carbons (Fsp3) is 0.211. The van der Waals surface area contributed by atoms with Crippen molar-refractivity contribution in [2.75, 3.05) is 13.2 Å². The number of carbonyl (C=O) groups is 1. The molecule has 1 atom stereocenters. The standard InChI is InChI=1S/C19H17ClN2O5/c1-12(14-4-6-17-18(11-14)27-9-8-26-17)21-19(23)7-3-13-2-5-15(20)16(10-13)22(24)25/h2-7,10-12H,8-9H2,1H3,(H,21,23)/b7-3+. The first-order valence-electron chi connectivity index (χ1n) is 8.26. The van der Waals surface area contributed by atoms with Gasteiger partial charge in [0.2, 0.25) is 5.91 Å². The number of benzene rings is 2. The molecule has 0 spiro atoms. The maximum Gasteiger partial charge on any atom is 0.288 e. The fourth-order valence-corrected chi connectivity index (χ4v) is 2.81. The molecule has 1 heterocycles. The van der Waals surface area contributed by atoms with Crippen molar-refractivity contribution in [3.63, 3.8) is 0 Å². The van der Waals surface area contributed by atoms with E-state index in [4.69, 9.17) is 21.1 Å². The van der Waals surface area contributed by atoms with E-state index < -0.39 is 4.92 Å². The molecule has 1 unspecified atom stereocenters. The van der Waals surface area contributed by atoms with Gasteiger partial charge in [0.25, 0.3) is 5.69 Å². The van der Waals surface area contributed by atoms with Crippen molar-refractivity contribution in [1.29, 1.82) is 0 Å². The van der Waals surface area contributed by atoms with E-state index in [1.54, 1.807) is 6.07 Å². The summed E-state index contributed by atoms with van der Waals surface area (Å²) >= 11 is 5.78. The van der Waals surface area contributed by atoms with Gasteiger partial charge in [0, 0.05) is 12.1 Å². The number of nitrogens with zero attached hydrogens (tertiary/aromatic N) is 1. The summed E-state index contributed by atoms with van der Waals surface area (Å²) in [6, 6.07) is 9.61. The van der Waals surface area contributed by atoms with Crippen molar-refractivity contribution >= 4 is 29.3 Å². The van der Waals surface area contributed by atoms with Crippen molar-refractivity contribution in [1.82, 2.24) is 5.32 Å². The molecule has 27 heavy (non-hydrogen) atoms. The van der Waals surface area contributed by atoms with Gasteiger partial charge in [-0.15, -0.1) is 0 Å². The molecule has 0 radical (unpaired) electrons. The Balaban J connectivity index is 1.66. The van der Waals surface area contributed by atoms with Gasteiger partial charge in [-0.05, 0) is 42.3 Å². The molecule has 140 valence electrons. The van der Waals surface area contributed by atoms with Gasteiger partial charge in [0.05, 0.1) is 11.0 Å². The number of carbonyl (C=O) groups excluding carboxylic acids is 1. The van der Waals surface area contributed by atoms with Crippen molar-refractivity contribution in [3.05, 3.63) is 68.7 Å². The Morgan fingerprint density at radius 3 is 2.70 bits per heavy atom. The van der Waals surface area contributed by atoms with Gasteiger partial charge in [-0.1, -0.05) is 23.7 Å². The third-order valence-electron chi connectivity index (χ3n) is 4.02. The second-order valence-corrected chi connectivity index (χ2v) is 6.34. The summed E-state index contributed by atoms with van der Waals surface area (Å²) in [4.78, 5) is 22.5. The van der Waals surface area contributed by atoms with E-state index in [0.717, 1.165) is 5.56 Å². The first-order chi connectivity index (χ1) is 12.9. The summed E-state index contributed by atoms with van der Waals surface area (Å²) in [6.45, 7) is 2.86. The number of nitro benzene ring substituents is 1. The molecule has 2 aromatic carbocycles. The summed E-state index contributed by atoms with van der Waals surface area (Å²) in [6.07, 6.45) is 2.82. The molecule has 0 fully saturated rings. The smallest absolute Gasteiger partial charge is 0.288 e. The Bertz CT molecular complexity index is 913. The van der Waals surface area contributed by atoms with E-state index in [2.05, 4.69) is 5.32 Å². The van der Waals surface area contributed by atoms with Crippen LogP contribution in [0.15, 0.2) is 42.5 Å². The Morgan fingerprint density at radius 1 is 1.22 bits per heavy atom. The van der Waals surface area contributed by atoms with Crippen LogP contribution in [0.1, 0.15) is 24.1 Å². The van der Waals surface area contributed by atoms with Crippen LogP contribution in [0, 0.1) is 10.1 Å². The number of fused-ring (bicyclic) bond motifs is 1. The van der Waals surface area contributed by atoms with Crippen LogP contribution in [0.5, 0.6) is 11.5 Å². The van der Waals surface area contributed by atoms with Crippen LogP contribution in [0.2, 0.25) is 5.02 Å². The monoisotopic (exact) mass is 388 g/mol. The third kappa shape index (κ3) is 4.57. The second kappa shape index (κ2) is 8.09. The average molecular weight is 389 g/mol. The number of amides is 1. The summed E-state index contributed by atoms with van der Waals surface area (Å²) in [7, 11) is 0. The minimum absolute atomic E-state index is 0.0498. The Labute approximate surface area is 160 Å². The summed E-state index contributed by atoms with van der Waals surface area (Å²) in [5.41, 5.74) is 1.18. The van der Waals surface area contributed by atoms with Gasteiger partial charge in [0.1, 0.15) is 18.2 Å². The minimum Gasteiger partial charge on any atom is -0.486 e. The third-order valence-corrected chi connectivity index (χ3v) is 4.34. The van der Waals surface area contributed by atoms with E-state index in [1.807, 2.05) is 25.1 Å². The first-order valence-corrected chi connectivity index (χ1v) is 8.64. The molecule has 1 aliphatic rings. The number of ether oxygens (including phenoxy) is 2.